The van der Waals surface area contributed by atoms with E-state index < -0.39 is 18.1 Å². The van der Waals surface area contributed by atoms with Crippen molar-refractivity contribution >= 4 is 35.0 Å². The first kappa shape index (κ1) is 24.1. The van der Waals surface area contributed by atoms with Crippen LogP contribution in [0.3, 0.4) is 0 Å². The molecule has 1 fully saturated rings. The summed E-state index contributed by atoms with van der Waals surface area (Å²) in [6, 6.07) is 20.0. The van der Waals surface area contributed by atoms with E-state index in [0.717, 1.165) is 11.1 Å². The van der Waals surface area contributed by atoms with Crippen LogP contribution in [0.15, 0.2) is 77.9 Å². The maximum Gasteiger partial charge on any atom is 0.290 e. The third-order valence-electron chi connectivity index (χ3n) is 6.14. The lowest BCUT2D eigenvalue weighted by molar-refractivity contribution is -0.117. The first-order chi connectivity index (χ1) is 18.0. The highest BCUT2D eigenvalue weighted by Crippen LogP contribution is 2.24. The second-order valence-electron chi connectivity index (χ2n) is 8.68. The zero-order valence-corrected chi connectivity index (χ0v) is 20.3. The molecule has 37 heavy (non-hydrogen) atoms. The number of anilines is 2. The van der Waals surface area contributed by atoms with Gasteiger partial charge in [0.2, 0.25) is 12.1 Å². The molecule has 1 saturated heterocycles. The molecule has 2 aromatic carbocycles. The number of hydrogen-bond acceptors (Lipinski definition) is 8. The van der Waals surface area contributed by atoms with Gasteiger partial charge in [0.05, 0.1) is 36.2 Å². The summed E-state index contributed by atoms with van der Waals surface area (Å²) in [5, 5.41) is 22.5. The number of nitrogens with zero attached hydrogens (tertiary/aromatic N) is 3. The van der Waals surface area contributed by atoms with E-state index in [1.54, 1.807) is 18.3 Å². The molecule has 2 aliphatic heterocycles. The Kier molecular flexibility index (Phi) is 6.91. The highest BCUT2D eigenvalue weighted by molar-refractivity contribution is 6.19. The number of amidine groups is 1. The van der Waals surface area contributed by atoms with Crippen molar-refractivity contribution in [1.29, 1.82) is 10.8 Å². The van der Waals surface area contributed by atoms with Crippen LogP contribution in [0.25, 0.3) is 0 Å². The second-order valence-corrected chi connectivity index (χ2v) is 8.68. The maximum absolute atomic E-state index is 13.0. The van der Waals surface area contributed by atoms with E-state index in [-0.39, 0.29) is 11.9 Å². The van der Waals surface area contributed by atoms with Crippen molar-refractivity contribution in [1.82, 2.24) is 10.3 Å². The van der Waals surface area contributed by atoms with Gasteiger partial charge < -0.3 is 25.0 Å². The summed E-state index contributed by atoms with van der Waals surface area (Å²) in [7, 11) is 0. The predicted molar refractivity (Wildman–Crippen MR) is 142 cm³/mol. The lowest BCUT2D eigenvalue weighted by atomic mass is 10.0. The number of pyridine rings is 1. The van der Waals surface area contributed by atoms with Gasteiger partial charge >= 0.3 is 0 Å². The molecule has 0 radical (unpaired) electrons. The Bertz CT molecular complexity index is 1360. The number of carbonyl (C=O) groups is 1. The number of aliphatic imine (C=N–C) groups is 1. The number of benzodiazepines with no additional fused rings is 1. The van der Waals surface area contributed by atoms with Gasteiger partial charge in [0, 0.05) is 23.9 Å². The number of amides is 1. The van der Waals surface area contributed by atoms with Gasteiger partial charge in [-0.1, -0.05) is 48.5 Å². The molecule has 0 spiro atoms. The van der Waals surface area contributed by atoms with Gasteiger partial charge in [0.25, 0.3) is 11.9 Å². The third-order valence-corrected chi connectivity index (χ3v) is 6.14. The summed E-state index contributed by atoms with van der Waals surface area (Å²) < 4.78 is 11.0. The Labute approximate surface area is 214 Å². The third kappa shape index (κ3) is 5.19. The van der Waals surface area contributed by atoms with Crippen molar-refractivity contribution in [2.24, 2.45) is 4.99 Å². The van der Waals surface area contributed by atoms with Crippen LogP contribution in [0.2, 0.25) is 0 Å². The molecular weight excluding hydrogens is 470 g/mol. The second kappa shape index (κ2) is 10.6. The van der Waals surface area contributed by atoms with E-state index >= 15 is 0 Å². The van der Waals surface area contributed by atoms with Crippen LogP contribution < -0.4 is 15.5 Å². The number of aromatic nitrogens is 1. The van der Waals surface area contributed by atoms with E-state index in [2.05, 4.69) is 25.5 Å². The maximum atomic E-state index is 13.0. The fourth-order valence-electron chi connectivity index (χ4n) is 4.34. The average molecular weight is 498 g/mol. The standard InChI is InChI=1S/C27H27N7O3/c1-17-16-36-15-14-34(17)25-20(11-7-13-30-25)23(28)37-27(29)33-24-26(35)31-21-12-6-5-10-19(21)22(32-24)18-8-3-2-4-9-18/h2-13,17,24,28H,14-16H2,1H3,(H2,29,33)(H,31,35)/t17-,24?/m0/s1. The molecule has 1 unspecified atom stereocenters. The molecule has 0 bridgehead atoms. The number of benzene rings is 2. The van der Waals surface area contributed by atoms with Crippen molar-refractivity contribution in [3.05, 3.63) is 89.6 Å². The number of hydrogen-bond donors (Lipinski definition) is 4. The zero-order chi connectivity index (χ0) is 25.8. The lowest BCUT2D eigenvalue weighted by Crippen LogP contribution is -2.45. The molecule has 2 atom stereocenters. The van der Waals surface area contributed by atoms with Gasteiger partial charge in [-0.05, 0) is 25.1 Å². The highest BCUT2D eigenvalue weighted by Gasteiger charge is 2.28. The van der Waals surface area contributed by atoms with Crippen molar-refractivity contribution in [2.45, 2.75) is 19.1 Å². The van der Waals surface area contributed by atoms with E-state index in [1.807, 2.05) is 61.5 Å². The van der Waals surface area contributed by atoms with Crippen LogP contribution >= 0.6 is 0 Å². The Balaban J connectivity index is 1.37. The molecule has 5 rings (SSSR count). The molecule has 1 amide bonds. The fraction of sp³-hybridized carbons (Fsp3) is 0.222. The van der Waals surface area contributed by atoms with Crippen molar-refractivity contribution in [3.8, 4) is 0 Å². The van der Waals surface area contributed by atoms with Gasteiger partial charge in [0.15, 0.2) is 0 Å². The van der Waals surface area contributed by atoms with Gasteiger partial charge in [-0.25, -0.2) is 9.98 Å². The van der Waals surface area contributed by atoms with E-state index in [0.29, 0.717) is 42.5 Å². The minimum atomic E-state index is -1.14. The summed E-state index contributed by atoms with van der Waals surface area (Å²) in [4.78, 5) is 24.2. The Morgan fingerprint density at radius 2 is 1.89 bits per heavy atom. The molecule has 0 saturated carbocycles. The van der Waals surface area contributed by atoms with Gasteiger partial charge in [-0.15, -0.1) is 0 Å². The summed E-state index contributed by atoms with van der Waals surface area (Å²) in [6.45, 7) is 3.78. The van der Waals surface area contributed by atoms with E-state index in [4.69, 9.17) is 20.3 Å². The van der Waals surface area contributed by atoms with Gasteiger partial charge in [-0.2, -0.15) is 0 Å². The number of ether oxygens (including phenoxy) is 2. The van der Waals surface area contributed by atoms with Gasteiger partial charge in [-0.3, -0.25) is 15.6 Å². The summed E-state index contributed by atoms with van der Waals surface area (Å²) in [5.74, 6) is -0.116. The van der Waals surface area contributed by atoms with Crippen LogP contribution in [-0.4, -0.2) is 60.5 Å². The number of nitrogens with one attached hydrogen (secondary N) is 4. The Hall–Kier alpha value is -4.57. The number of morpholine rings is 1. The van der Waals surface area contributed by atoms with Gasteiger partial charge in [0.1, 0.15) is 5.82 Å². The molecule has 10 heteroatoms. The summed E-state index contributed by atoms with van der Waals surface area (Å²) >= 11 is 0. The minimum Gasteiger partial charge on any atom is -0.407 e. The van der Waals surface area contributed by atoms with Crippen LogP contribution in [0.1, 0.15) is 23.6 Å². The normalized spacial score (nSPS) is 19.1. The minimum absolute atomic E-state index is 0.0786. The number of rotatable bonds is 4. The highest BCUT2D eigenvalue weighted by atomic mass is 16.5. The molecular formula is C27H27N7O3. The average Bonchev–Trinajstić information content (AvgIpc) is 3.05. The Morgan fingerprint density at radius 1 is 1.11 bits per heavy atom. The number of fused-ring (bicyclic) bond motifs is 1. The molecule has 10 nitrogen and oxygen atoms in total. The fourth-order valence-corrected chi connectivity index (χ4v) is 4.34. The topological polar surface area (TPSA) is 136 Å². The van der Waals surface area contributed by atoms with Crippen LogP contribution in [-0.2, 0) is 14.3 Å². The van der Waals surface area contributed by atoms with Crippen LogP contribution in [0.5, 0.6) is 0 Å². The molecule has 188 valence electrons. The molecule has 3 heterocycles. The van der Waals surface area contributed by atoms with Crippen molar-refractivity contribution in [2.75, 3.05) is 30.0 Å². The monoisotopic (exact) mass is 497 g/mol. The summed E-state index contributed by atoms with van der Waals surface area (Å²) in [6.07, 6.45) is 0.515. The largest absolute Gasteiger partial charge is 0.407 e. The molecule has 2 aliphatic rings. The lowest BCUT2D eigenvalue weighted by Gasteiger charge is -2.35. The number of para-hydroxylation sites is 1. The van der Waals surface area contributed by atoms with E-state index in [1.165, 1.54) is 0 Å². The van der Waals surface area contributed by atoms with E-state index in [9.17, 15) is 4.79 Å². The predicted octanol–water partition coefficient (Wildman–Crippen LogP) is 2.99. The first-order valence-electron chi connectivity index (χ1n) is 12.0. The quantitative estimate of drug-likeness (QED) is 0.323. The smallest absolute Gasteiger partial charge is 0.290 e. The van der Waals surface area contributed by atoms with Crippen molar-refractivity contribution < 1.29 is 14.3 Å². The molecule has 3 aromatic rings. The molecule has 1 aromatic heterocycles. The Morgan fingerprint density at radius 3 is 2.70 bits per heavy atom. The van der Waals surface area contributed by atoms with Crippen molar-refractivity contribution in [3.63, 3.8) is 0 Å². The first-order valence-corrected chi connectivity index (χ1v) is 12.0. The zero-order valence-electron chi connectivity index (χ0n) is 20.3. The SMILES string of the molecule is C[C@H]1COCCN1c1ncccc1C(=N)OC(=N)NC1N=C(c2ccccc2)c2ccccc2NC1=O. The number of carbonyl (C=O) groups excluding carboxylic acids is 1. The molecule has 4 N–H and O–H groups in total. The van der Waals surface area contributed by atoms with Crippen LogP contribution in [0.4, 0.5) is 11.5 Å². The van der Waals surface area contributed by atoms with Crippen LogP contribution in [0, 0.1) is 10.8 Å². The molecule has 0 aliphatic carbocycles. The summed E-state index contributed by atoms with van der Waals surface area (Å²) in [5.41, 5.74) is 3.27.